The molecule has 1 aliphatic heterocycles. The molecule has 9 heteroatoms. The molecule has 0 bridgehead atoms. The zero-order chi connectivity index (χ0) is 19.2. The van der Waals surface area contributed by atoms with Crippen molar-refractivity contribution in [1.82, 2.24) is 15.2 Å². The van der Waals surface area contributed by atoms with Gasteiger partial charge in [0, 0.05) is 31.9 Å². The SMILES string of the molecule is CCCOc1ccc(CN=C(NCC)N2CCS(=O)(=O)C(C)(C)C2)cn1.I. The third kappa shape index (κ3) is 6.48. The number of aliphatic imine (C=N–C) groups is 1. The Kier molecular flexibility index (Phi) is 9.26. The van der Waals surface area contributed by atoms with Crippen LogP contribution in [0.25, 0.3) is 0 Å². The quantitative estimate of drug-likeness (QED) is 0.360. The molecule has 7 nitrogen and oxygen atoms in total. The summed E-state index contributed by atoms with van der Waals surface area (Å²) in [6, 6.07) is 3.81. The number of halogens is 1. The number of ether oxygens (including phenoxy) is 1. The van der Waals surface area contributed by atoms with E-state index >= 15 is 0 Å². The van der Waals surface area contributed by atoms with Crippen molar-refractivity contribution in [2.75, 3.05) is 32.0 Å². The molecule has 1 aliphatic rings. The molecule has 0 radical (unpaired) electrons. The maximum absolute atomic E-state index is 12.2. The minimum atomic E-state index is -3.07. The van der Waals surface area contributed by atoms with Crippen molar-refractivity contribution in [3.8, 4) is 5.88 Å². The van der Waals surface area contributed by atoms with Crippen LogP contribution in [-0.4, -0.2) is 61.0 Å². The van der Waals surface area contributed by atoms with E-state index in [1.54, 1.807) is 20.0 Å². The van der Waals surface area contributed by atoms with Crippen LogP contribution in [0, 0.1) is 0 Å². The summed E-state index contributed by atoms with van der Waals surface area (Å²) in [5.74, 6) is 1.51. The van der Waals surface area contributed by atoms with E-state index in [2.05, 4.69) is 22.2 Å². The number of guanidine groups is 1. The van der Waals surface area contributed by atoms with E-state index in [9.17, 15) is 8.42 Å². The first-order valence-electron chi connectivity index (χ1n) is 9.12. The van der Waals surface area contributed by atoms with Crippen molar-refractivity contribution >= 4 is 39.8 Å². The molecule has 1 fully saturated rings. The molecule has 1 aromatic rings. The molecule has 0 atom stereocenters. The van der Waals surface area contributed by atoms with Crippen LogP contribution < -0.4 is 10.1 Å². The molecule has 2 rings (SSSR count). The summed E-state index contributed by atoms with van der Waals surface area (Å²) in [6.07, 6.45) is 2.71. The minimum Gasteiger partial charge on any atom is -0.478 e. The van der Waals surface area contributed by atoms with Gasteiger partial charge in [-0.3, -0.25) is 0 Å². The number of hydrogen-bond acceptors (Lipinski definition) is 5. The zero-order valence-electron chi connectivity index (χ0n) is 16.6. The molecular formula is C18H31IN4O3S. The first-order chi connectivity index (χ1) is 12.3. The molecule has 0 aromatic carbocycles. The number of aromatic nitrogens is 1. The highest BCUT2D eigenvalue weighted by Crippen LogP contribution is 2.23. The number of pyridine rings is 1. The van der Waals surface area contributed by atoms with Gasteiger partial charge in [0.15, 0.2) is 15.8 Å². The Balaban J connectivity index is 0.00000364. The smallest absolute Gasteiger partial charge is 0.213 e. The first-order valence-corrected chi connectivity index (χ1v) is 10.8. The fourth-order valence-electron chi connectivity index (χ4n) is 2.71. The highest BCUT2D eigenvalue weighted by Gasteiger charge is 2.40. The lowest BCUT2D eigenvalue weighted by Crippen LogP contribution is -2.57. The van der Waals surface area contributed by atoms with Crippen LogP contribution in [0.5, 0.6) is 5.88 Å². The lowest BCUT2D eigenvalue weighted by molar-refractivity contribution is 0.305. The summed E-state index contributed by atoms with van der Waals surface area (Å²) in [4.78, 5) is 11.0. The van der Waals surface area contributed by atoms with Gasteiger partial charge in [-0.1, -0.05) is 13.0 Å². The summed E-state index contributed by atoms with van der Waals surface area (Å²) in [5, 5.41) is 3.26. The molecule has 0 saturated carbocycles. The molecule has 1 aromatic heterocycles. The van der Waals surface area contributed by atoms with Gasteiger partial charge < -0.3 is 15.0 Å². The Morgan fingerprint density at radius 2 is 2.11 bits per heavy atom. The highest BCUT2D eigenvalue weighted by molar-refractivity contribution is 14.0. The van der Waals surface area contributed by atoms with Crippen molar-refractivity contribution in [2.24, 2.45) is 4.99 Å². The van der Waals surface area contributed by atoms with E-state index in [1.807, 2.05) is 24.0 Å². The van der Waals surface area contributed by atoms with Crippen LogP contribution in [0.4, 0.5) is 0 Å². The Hall–Kier alpha value is -1.10. The minimum absolute atomic E-state index is 0. The molecule has 2 heterocycles. The maximum Gasteiger partial charge on any atom is 0.213 e. The third-order valence-corrected chi connectivity index (χ3v) is 6.87. The van der Waals surface area contributed by atoms with Crippen molar-refractivity contribution in [3.05, 3.63) is 23.9 Å². The molecule has 27 heavy (non-hydrogen) atoms. The molecule has 0 spiro atoms. The summed E-state index contributed by atoms with van der Waals surface area (Å²) in [6.45, 7) is 10.4. The predicted molar refractivity (Wildman–Crippen MR) is 120 cm³/mol. The highest BCUT2D eigenvalue weighted by atomic mass is 127. The van der Waals surface area contributed by atoms with E-state index < -0.39 is 14.6 Å². The Bertz CT molecular complexity index is 721. The van der Waals surface area contributed by atoms with Crippen molar-refractivity contribution in [3.63, 3.8) is 0 Å². The second-order valence-electron chi connectivity index (χ2n) is 7.02. The van der Waals surface area contributed by atoms with Gasteiger partial charge in [0.2, 0.25) is 5.88 Å². The zero-order valence-corrected chi connectivity index (χ0v) is 19.7. The normalized spacial score (nSPS) is 18.5. The van der Waals surface area contributed by atoms with Crippen LogP contribution in [0.2, 0.25) is 0 Å². The molecule has 0 amide bonds. The van der Waals surface area contributed by atoms with Gasteiger partial charge in [-0.25, -0.2) is 18.4 Å². The topological polar surface area (TPSA) is 83.9 Å². The van der Waals surface area contributed by atoms with Crippen LogP contribution in [0.15, 0.2) is 23.3 Å². The van der Waals surface area contributed by atoms with Crippen molar-refractivity contribution in [1.29, 1.82) is 0 Å². The van der Waals surface area contributed by atoms with Crippen LogP contribution in [0.1, 0.15) is 39.7 Å². The van der Waals surface area contributed by atoms with Gasteiger partial charge in [0.05, 0.1) is 23.7 Å². The van der Waals surface area contributed by atoms with Gasteiger partial charge in [-0.05, 0) is 32.8 Å². The molecule has 154 valence electrons. The summed E-state index contributed by atoms with van der Waals surface area (Å²) in [5.41, 5.74) is 0.980. The standard InChI is InChI=1S/C18H30N4O3S.HI/c1-5-10-25-16-8-7-15(12-20-16)13-21-17(19-6-2)22-9-11-26(23,24)18(3,4)14-22;/h7-8,12H,5-6,9-11,13-14H2,1-4H3,(H,19,21);1H. The van der Waals surface area contributed by atoms with E-state index in [0.29, 0.717) is 32.1 Å². The first kappa shape index (κ1) is 23.9. The molecule has 1 saturated heterocycles. The second kappa shape index (κ2) is 10.4. The Morgan fingerprint density at radius 3 is 2.67 bits per heavy atom. The summed E-state index contributed by atoms with van der Waals surface area (Å²) < 4.78 is 29.1. The second-order valence-corrected chi connectivity index (χ2v) is 9.77. The van der Waals surface area contributed by atoms with E-state index in [-0.39, 0.29) is 29.7 Å². The van der Waals surface area contributed by atoms with Crippen molar-refractivity contribution < 1.29 is 13.2 Å². The number of nitrogens with one attached hydrogen (secondary N) is 1. The summed E-state index contributed by atoms with van der Waals surface area (Å²) >= 11 is 0. The lowest BCUT2D eigenvalue weighted by Gasteiger charge is -2.39. The molecule has 0 aliphatic carbocycles. The number of hydrogen-bond donors (Lipinski definition) is 1. The Morgan fingerprint density at radius 1 is 1.37 bits per heavy atom. The van der Waals surface area contributed by atoms with Gasteiger partial charge in [0.1, 0.15) is 0 Å². The molecule has 0 unspecified atom stereocenters. The van der Waals surface area contributed by atoms with E-state index in [4.69, 9.17) is 4.74 Å². The number of nitrogens with zero attached hydrogens (tertiary/aromatic N) is 3. The Labute approximate surface area is 179 Å². The molecule has 1 N–H and O–H groups in total. The fraction of sp³-hybridized carbons (Fsp3) is 0.667. The maximum atomic E-state index is 12.2. The lowest BCUT2D eigenvalue weighted by atomic mass is 10.2. The molecular weight excluding hydrogens is 479 g/mol. The van der Waals surface area contributed by atoms with E-state index in [0.717, 1.165) is 24.5 Å². The van der Waals surface area contributed by atoms with Crippen LogP contribution in [0.3, 0.4) is 0 Å². The summed E-state index contributed by atoms with van der Waals surface area (Å²) in [7, 11) is -3.07. The van der Waals surface area contributed by atoms with Crippen LogP contribution >= 0.6 is 24.0 Å². The number of sulfone groups is 1. The average Bonchev–Trinajstić information content (AvgIpc) is 2.60. The van der Waals surface area contributed by atoms with Gasteiger partial charge in [-0.15, -0.1) is 24.0 Å². The van der Waals surface area contributed by atoms with Gasteiger partial charge >= 0.3 is 0 Å². The monoisotopic (exact) mass is 510 g/mol. The van der Waals surface area contributed by atoms with Crippen molar-refractivity contribution in [2.45, 2.75) is 45.4 Å². The number of rotatable bonds is 6. The van der Waals surface area contributed by atoms with Gasteiger partial charge in [-0.2, -0.15) is 0 Å². The van der Waals surface area contributed by atoms with Crippen LogP contribution in [-0.2, 0) is 16.4 Å². The fourth-order valence-corrected chi connectivity index (χ4v) is 4.08. The third-order valence-electron chi connectivity index (χ3n) is 4.34. The van der Waals surface area contributed by atoms with E-state index in [1.165, 1.54) is 0 Å². The average molecular weight is 510 g/mol. The largest absolute Gasteiger partial charge is 0.478 e. The predicted octanol–water partition coefficient (Wildman–Crippen LogP) is 2.46. The van der Waals surface area contributed by atoms with Gasteiger partial charge in [0.25, 0.3) is 0 Å².